The first-order chi connectivity index (χ1) is 13.1. The minimum atomic E-state index is -0.441. The number of piperazine rings is 1. The van der Waals surface area contributed by atoms with Crippen LogP contribution in [-0.2, 0) is 0 Å². The number of rotatable bonds is 5. The van der Waals surface area contributed by atoms with Crippen LogP contribution in [0.3, 0.4) is 0 Å². The summed E-state index contributed by atoms with van der Waals surface area (Å²) in [6.07, 6.45) is 4.24. The van der Waals surface area contributed by atoms with Crippen LogP contribution in [0.2, 0.25) is 0 Å². The lowest BCUT2D eigenvalue weighted by atomic mass is 10.1. The zero-order valence-corrected chi connectivity index (χ0v) is 15.4. The van der Waals surface area contributed by atoms with E-state index in [-0.39, 0.29) is 11.6 Å². The van der Waals surface area contributed by atoms with E-state index >= 15 is 0 Å². The summed E-state index contributed by atoms with van der Waals surface area (Å²) in [6.45, 7) is 5.31. The van der Waals surface area contributed by atoms with Gasteiger partial charge in [-0.05, 0) is 18.6 Å². The van der Waals surface area contributed by atoms with Crippen molar-refractivity contribution in [2.45, 2.75) is 6.92 Å². The fraction of sp³-hybridized carbons (Fsp3) is 0.286. The zero-order chi connectivity index (χ0) is 19.2. The van der Waals surface area contributed by atoms with E-state index in [1.54, 1.807) is 24.0 Å². The highest BCUT2D eigenvalue weighted by Crippen LogP contribution is 2.22. The molecule has 0 aromatic heterocycles. The fourth-order valence-corrected chi connectivity index (χ4v) is 3.26. The number of carbonyl (C=O) groups is 1. The standard InChI is InChI=1S/C21H23N3O3/c1-17-19(10-5-11-20(17)24(26)27)21(25)23-15-13-22(14-16-23)12-6-9-18-7-3-2-4-8-18/h2-11H,12-16H2,1H3. The van der Waals surface area contributed by atoms with Gasteiger partial charge in [-0.3, -0.25) is 19.8 Å². The van der Waals surface area contributed by atoms with Crippen molar-refractivity contribution < 1.29 is 9.72 Å². The average molecular weight is 365 g/mol. The van der Waals surface area contributed by atoms with Gasteiger partial charge in [-0.2, -0.15) is 0 Å². The summed E-state index contributed by atoms with van der Waals surface area (Å²) in [5.74, 6) is -0.129. The Kier molecular flexibility index (Phi) is 5.98. The number of nitrogens with zero attached hydrogens (tertiary/aromatic N) is 3. The maximum absolute atomic E-state index is 12.8. The Balaban J connectivity index is 1.56. The zero-order valence-electron chi connectivity index (χ0n) is 15.4. The summed E-state index contributed by atoms with van der Waals surface area (Å²) in [5, 5.41) is 11.1. The van der Waals surface area contributed by atoms with Gasteiger partial charge in [0.25, 0.3) is 11.6 Å². The van der Waals surface area contributed by atoms with Crippen molar-refractivity contribution in [3.63, 3.8) is 0 Å². The lowest BCUT2D eigenvalue weighted by Gasteiger charge is -2.34. The Bertz CT molecular complexity index is 841. The molecule has 1 fully saturated rings. The van der Waals surface area contributed by atoms with Crippen LogP contribution < -0.4 is 0 Å². The van der Waals surface area contributed by atoms with Gasteiger partial charge in [0.1, 0.15) is 0 Å². The predicted molar refractivity (Wildman–Crippen MR) is 106 cm³/mol. The molecule has 0 N–H and O–H groups in total. The van der Waals surface area contributed by atoms with Crippen LogP contribution in [0, 0.1) is 17.0 Å². The molecule has 0 atom stereocenters. The molecule has 3 rings (SSSR count). The molecule has 0 unspecified atom stereocenters. The van der Waals surface area contributed by atoms with Crippen LogP contribution in [0.25, 0.3) is 6.08 Å². The van der Waals surface area contributed by atoms with Gasteiger partial charge in [-0.25, -0.2) is 0 Å². The molecule has 140 valence electrons. The molecule has 2 aromatic carbocycles. The van der Waals surface area contributed by atoms with Crippen molar-refractivity contribution in [2.75, 3.05) is 32.7 Å². The van der Waals surface area contributed by atoms with E-state index in [4.69, 9.17) is 0 Å². The van der Waals surface area contributed by atoms with Gasteiger partial charge in [0.15, 0.2) is 0 Å². The SMILES string of the molecule is Cc1c(C(=O)N2CCN(CC=Cc3ccccc3)CC2)cccc1[N+](=O)[O-]. The summed E-state index contributed by atoms with van der Waals surface area (Å²) < 4.78 is 0. The Morgan fingerprint density at radius 2 is 1.78 bits per heavy atom. The molecule has 0 spiro atoms. The summed E-state index contributed by atoms with van der Waals surface area (Å²) in [6, 6.07) is 14.8. The van der Waals surface area contributed by atoms with Crippen LogP contribution in [0.4, 0.5) is 5.69 Å². The highest BCUT2D eigenvalue weighted by atomic mass is 16.6. The van der Waals surface area contributed by atoms with Crippen LogP contribution in [0.15, 0.2) is 54.6 Å². The van der Waals surface area contributed by atoms with Crippen molar-refractivity contribution in [3.05, 3.63) is 81.4 Å². The molecule has 27 heavy (non-hydrogen) atoms. The minimum Gasteiger partial charge on any atom is -0.336 e. The van der Waals surface area contributed by atoms with Gasteiger partial charge < -0.3 is 4.90 Å². The highest BCUT2D eigenvalue weighted by molar-refractivity contribution is 5.96. The molecule has 6 nitrogen and oxygen atoms in total. The summed E-state index contributed by atoms with van der Waals surface area (Å²) in [7, 11) is 0. The second-order valence-electron chi connectivity index (χ2n) is 6.61. The van der Waals surface area contributed by atoms with Crippen LogP contribution in [0.1, 0.15) is 21.5 Å². The van der Waals surface area contributed by atoms with Gasteiger partial charge in [-0.15, -0.1) is 0 Å². The van der Waals surface area contributed by atoms with E-state index in [9.17, 15) is 14.9 Å². The van der Waals surface area contributed by atoms with Crippen LogP contribution in [0.5, 0.6) is 0 Å². The molecule has 1 aliphatic heterocycles. The molecule has 6 heteroatoms. The van der Waals surface area contributed by atoms with E-state index in [0.717, 1.165) is 19.6 Å². The van der Waals surface area contributed by atoms with Gasteiger partial charge in [0.2, 0.25) is 0 Å². The number of nitro groups is 1. The van der Waals surface area contributed by atoms with Crippen molar-refractivity contribution in [2.24, 2.45) is 0 Å². The Labute approximate surface area is 158 Å². The first-order valence-corrected chi connectivity index (χ1v) is 9.03. The summed E-state index contributed by atoms with van der Waals surface area (Å²) in [5.41, 5.74) is 2.01. The van der Waals surface area contributed by atoms with Crippen molar-refractivity contribution in [1.29, 1.82) is 0 Å². The molecule has 1 saturated heterocycles. The molecule has 0 radical (unpaired) electrons. The van der Waals surface area contributed by atoms with Crippen LogP contribution in [-0.4, -0.2) is 53.4 Å². The van der Waals surface area contributed by atoms with Gasteiger partial charge >= 0.3 is 0 Å². The number of nitro benzene ring substituents is 1. The number of benzene rings is 2. The van der Waals surface area contributed by atoms with Crippen molar-refractivity contribution in [1.82, 2.24) is 9.80 Å². The largest absolute Gasteiger partial charge is 0.336 e. The molecular weight excluding hydrogens is 342 g/mol. The second-order valence-corrected chi connectivity index (χ2v) is 6.61. The molecule has 2 aromatic rings. The molecule has 0 saturated carbocycles. The third-order valence-electron chi connectivity index (χ3n) is 4.87. The maximum Gasteiger partial charge on any atom is 0.273 e. The molecule has 1 amide bonds. The Hall–Kier alpha value is -2.99. The molecule has 0 aliphatic carbocycles. The normalized spacial score (nSPS) is 15.2. The Morgan fingerprint density at radius 3 is 2.44 bits per heavy atom. The first-order valence-electron chi connectivity index (χ1n) is 9.03. The lowest BCUT2D eigenvalue weighted by Crippen LogP contribution is -2.48. The van der Waals surface area contributed by atoms with Crippen molar-refractivity contribution >= 4 is 17.7 Å². The molecule has 0 bridgehead atoms. The summed E-state index contributed by atoms with van der Waals surface area (Å²) >= 11 is 0. The third-order valence-corrected chi connectivity index (χ3v) is 4.87. The van der Waals surface area contributed by atoms with E-state index in [2.05, 4.69) is 29.2 Å². The molecular formula is C21H23N3O3. The van der Waals surface area contributed by atoms with Gasteiger partial charge in [0, 0.05) is 49.9 Å². The second kappa shape index (κ2) is 8.60. The first kappa shape index (κ1) is 18.8. The number of amides is 1. The lowest BCUT2D eigenvalue weighted by molar-refractivity contribution is -0.385. The number of hydrogen-bond donors (Lipinski definition) is 0. The minimum absolute atomic E-state index is 0.00876. The predicted octanol–water partition coefficient (Wildman–Crippen LogP) is 3.37. The van der Waals surface area contributed by atoms with Gasteiger partial charge in [0.05, 0.1) is 4.92 Å². The number of hydrogen-bond acceptors (Lipinski definition) is 4. The van der Waals surface area contributed by atoms with Crippen molar-refractivity contribution in [3.8, 4) is 0 Å². The monoisotopic (exact) mass is 365 g/mol. The van der Waals surface area contributed by atoms with Gasteiger partial charge in [-0.1, -0.05) is 48.6 Å². The van der Waals surface area contributed by atoms with E-state index in [0.29, 0.717) is 24.2 Å². The van der Waals surface area contributed by atoms with E-state index in [1.165, 1.54) is 11.6 Å². The van der Waals surface area contributed by atoms with E-state index < -0.39 is 4.92 Å². The fourth-order valence-electron chi connectivity index (χ4n) is 3.26. The quantitative estimate of drug-likeness (QED) is 0.602. The average Bonchev–Trinajstić information content (AvgIpc) is 2.69. The smallest absolute Gasteiger partial charge is 0.273 e. The highest BCUT2D eigenvalue weighted by Gasteiger charge is 2.25. The molecule has 1 heterocycles. The third kappa shape index (κ3) is 4.60. The van der Waals surface area contributed by atoms with Crippen LogP contribution >= 0.6 is 0 Å². The number of carbonyl (C=O) groups excluding carboxylic acids is 1. The maximum atomic E-state index is 12.8. The topological polar surface area (TPSA) is 66.7 Å². The Morgan fingerprint density at radius 1 is 1.07 bits per heavy atom. The summed E-state index contributed by atoms with van der Waals surface area (Å²) in [4.78, 5) is 27.5. The van der Waals surface area contributed by atoms with E-state index in [1.807, 2.05) is 18.2 Å². The molecule has 1 aliphatic rings.